The molecule has 0 radical (unpaired) electrons. The topological polar surface area (TPSA) is 42.0 Å². The zero-order valence-corrected chi connectivity index (χ0v) is 13.8. The molecule has 0 aliphatic heterocycles. The Kier molecular flexibility index (Phi) is 4.60. The molecule has 1 N–H and O–H groups in total. The monoisotopic (exact) mass is 402 g/mol. The lowest BCUT2D eigenvalue weighted by molar-refractivity contribution is 0.102. The van der Waals surface area contributed by atoms with E-state index in [2.05, 4.69) is 42.2 Å². The number of aromatic nitrogens is 1. The molecule has 98 valence electrons. The molecule has 1 heterocycles. The molecule has 6 heteroatoms. The highest BCUT2D eigenvalue weighted by atomic mass is 79.9. The van der Waals surface area contributed by atoms with Crippen LogP contribution < -0.4 is 5.32 Å². The second-order valence-corrected chi connectivity index (χ2v) is 5.98. The normalized spacial score (nSPS) is 10.3. The summed E-state index contributed by atoms with van der Waals surface area (Å²) in [5.41, 5.74) is 1.98. The average Bonchev–Trinajstić information content (AvgIpc) is 2.36. The third kappa shape index (κ3) is 3.55. The van der Waals surface area contributed by atoms with Crippen LogP contribution in [0, 0.1) is 6.92 Å². The first-order valence-electron chi connectivity index (χ1n) is 5.36. The van der Waals surface area contributed by atoms with Gasteiger partial charge in [-0.05, 0) is 52.7 Å². The Bertz CT molecular complexity index is 647. The van der Waals surface area contributed by atoms with Crippen LogP contribution in [0.1, 0.15) is 15.9 Å². The molecule has 0 spiro atoms. The van der Waals surface area contributed by atoms with E-state index < -0.39 is 0 Å². The number of halogens is 3. The number of rotatable bonds is 2. The van der Waals surface area contributed by atoms with Crippen LogP contribution in [0.4, 0.5) is 5.69 Å². The van der Waals surface area contributed by atoms with E-state index in [-0.39, 0.29) is 5.91 Å². The predicted molar refractivity (Wildman–Crippen MR) is 83.8 cm³/mol. The van der Waals surface area contributed by atoms with Gasteiger partial charge in [0.15, 0.2) is 0 Å². The molecule has 0 bridgehead atoms. The molecule has 1 aromatic heterocycles. The van der Waals surface area contributed by atoms with Gasteiger partial charge in [0.05, 0.1) is 22.5 Å². The molecule has 0 saturated carbocycles. The number of aryl methyl sites for hydroxylation is 1. The van der Waals surface area contributed by atoms with Crippen molar-refractivity contribution in [1.29, 1.82) is 0 Å². The van der Waals surface area contributed by atoms with Crippen molar-refractivity contribution in [2.45, 2.75) is 6.92 Å². The summed E-state index contributed by atoms with van der Waals surface area (Å²) in [6, 6.07) is 6.97. The summed E-state index contributed by atoms with van der Waals surface area (Å²) in [4.78, 5) is 16.3. The standard InChI is InChI=1S/C13H9Br2ClN2O/c1-7-4-9(6-17-12(7)15)18-13(19)10-5-8(14)2-3-11(10)16/h2-6H,1H3,(H,18,19). The summed E-state index contributed by atoms with van der Waals surface area (Å²) >= 11 is 12.6. The molecule has 3 nitrogen and oxygen atoms in total. The van der Waals surface area contributed by atoms with Gasteiger partial charge in [-0.1, -0.05) is 27.5 Å². The fraction of sp³-hybridized carbons (Fsp3) is 0.0769. The van der Waals surface area contributed by atoms with Gasteiger partial charge in [0.25, 0.3) is 5.91 Å². The highest BCUT2D eigenvalue weighted by Gasteiger charge is 2.11. The molecule has 0 saturated heterocycles. The smallest absolute Gasteiger partial charge is 0.257 e. The van der Waals surface area contributed by atoms with E-state index in [0.29, 0.717) is 16.3 Å². The second kappa shape index (κ2) is 6.03. The number of hydrogen-bond donors (Lipinski definition) is 1. The van der Waals surface area contributed by atoms with E-state index in [4.69, 9.17) is 11.6 Å². The number of nitrogens with one attached hydrogen (secondary N) is 1. The van der Waals surface area contributed by atoms with Crippen LogP contribution in [0.3, 0.4) is 0 Å². The van der Waals surface area contributed by atoms with Crippen LogP contribution in [0.15, 0.2) is 39.5 Å². The second-order valence-electron chi connectivity index (χ2n) is 3.91. The van der Waals surface area contributed by atoms with Crippen molar-refractivity contribution in [3.05, 3.63) is 55.7 Å². The Morgan fingerprint density at radius 1 is 1.32 bits per heavy atom. The number of amides is 1. The first kappa shape index (κ1) is 14.5. The molecule has 0 unspecified atom stereocenters. The van der Waals surface area contributed by atoms with Crippen LogP contribution in [-0.4, -0.2) is 10.9 Å². The van der Waals surface area contributed by atoms with Gasteiger partial charge in [0, 0.05) is 4.47 Å². The minimum Gasteiger partial charge on any atom is -0.321 e. The first-order valence-corrected chi connectivity index (χ1v) is 7.32. The van der Waals surface area contributed by atoms with Gasteiger partial charge in [-0.15, -0.1) is 0 Å². The third-order valence-corrected chi connectivity index (χ3v) is 4.10. The van der Waals surface area contributed by atoms with Crippen LogP contribution in [0.2, 0.25) is 5.02 Å². The maximum Gasteiger partial charge on any atom is 0.257 e. The molecule has 1 aromatic carbocycles. The zero-order chi connectivity index (χ0) is 14.0. The van der Waals surface area contributed by atoms with Crippen molar-refractivity contribution in [2.75, 3.05) is 5.32 Å². The largest absolute Gasteiger partial charge is 0.321 e. The molecule has 0 fully saturated rings. The van der Waals surface area contributed by atoms with Crippen molar-refractivity contribution in [2.24, 2.45) is 0 Å². The fourth-order valence-corrected chi connectivity index (χ4v) is 2.28. The minimum absolute atomic E-state index is 0.269. The van der Waals surface area contributed by atoms with Gasteiger partial charge in [-0.2, -0.15) is 0 Å². The van der Waals surface area contributed by atoms with Crippen molar-refractivity contribution >= 4 is 55.1 Å². The van der Waals surface area contributed by atoms with Gasteiger partial charge in [-0.25, -0.2) is 4.98 Å². The van der Waals surface area contributed by atoms with Gasteiger partial charge in [0.1, 0.15) is 4.60 Å². The van der Waals surface area contributed by atoms with E-state index in [1.54, 1.807) is 24.4 Å². The van der Waals surface area contributed by atoms with E-state index in [1.165, 1.54) is 0 Å². The Labute approximate surface area is 132 Å². The fourth-order valence-electron chi connectivity index (χ4n) is 1.50. The van der Waals surface area contributed by atoms with Crippen LogP contribution in [0.5, 0.6) is 0 Å². The third-order valence-electron chi connectivity index (χ3n) is 2.45. The lowest BCUT2D eigenvalue weighted by Crippen LogP contribution is -2.12. The number of benzene rings is 1. The van der Waals surface area contributed by atoms with Crippen molar-refractivity contribution < 1.29 is 4.79 Å². The molecule has 1 amide bonds. The van der Waals surface area contributed by atoms with E-state index in [1.807, 2.05) is 13.0 Å². The number of carbonyl (C=O) groups is 1. The maximum atomic E-state index is 12.1. The van der Waals surface area contributed by atoms with Crippen molar-refractivity contribution in [3.8, 4) is 0 Å². The van der Waals surface area contributed by atoms with Crippen molar-refractivity contribution in [1.82, 2.24) is 4.98 Å². The van der Waals surface area contributed by atoms with Crippen LogP contribution in [0.25, 0.3) is 0 Å². The quantitative estimate of drug-likeness (QED) is 0.729. The maximum absolute atomic E-state index is 12.1. The van der Waals surface area contributed by atoms with Crippen LogP contribution in [-0.2, 0) is 0 Å². The molecule has 2 rings (SSSR count). The molecule has 19 heavy (non-hydrogen) atoms. The number of carbonyl (C=O) groups excluding carboxylic acids is 1. The highest BCUT2D eigenvalue weighted by molar-refractivity contribution is 9.10. The lowest BCUT2D eigenvalue weighted by Gasteiger charge is -2.08. The molecule has 2 aromatic rings. The van der Waals surface area contributed by atoms with Gasteiger partial charge in [-0.3, -0.25) is 4.79 Å². The minimum atomic E-state index is -0.269. The summed E-state index contributed by atoms with van der Waals surface area (Å²) in [6.07, 6.45) is 1.58. The van der Waals surface area contributed by atoms with E-state index in [0.717, 1.165) is 14.6 Å². The molecule has 0 aliphatic rings. The number of nitrogens with zero attached hydrogens (tertiary/aromatic N) is 1. The summed E-state index contributed by atoms with van der Waals surface area (Å²) in [5, 5.41) is 3.17. The highest BCUT2D eigenvalue weighted by Crippen LogP contribution is 2.23. The van der Waals surface area contributed by atoms with Gasteiger partial charge < -0.3 is 5.32 Å². The summed E-state index contributed by atoms with van der Waals surface area (Å²) in [7, 11) is 0. The zero-order valence-electron chi connectivity index (χ0n) is 9.88. The number of anilines is 1. The van der Waals surface area contributed by atoms with E-state index >= 15 is 0 Å². The Morgan fingerprint density at radius 3 is 2.74 bits per heavy atom. The Balaban J connectivity index is 2.25. The number of hydrogen-bond acceptors (Lipinski definition) is 2. The molecule has 0 atom stereocenters. The summed E-state index contributed by atoms with van der Waals surface area (Å²) in [6.45, 7) is 1.90. The lowest BCUT2D eigenvalue weighted by atomic mass is 10.2. The number of pyridine rings is 1. The molecular weight excluding hydrogens is 395 g/mol. The summed E-state index contributed by atoms with van der Waals surface area (Å²) < 4.78 is 1.55. The predicted octanol–water partition coefficient (Wildman–Crippen LogP) is 4.82. The Morgan fingerprint density at radius 2 is 2.05 bits per heavy atom. The SMILES string of the molecule is Cc1cc(NC(=O)c2cc(Br)ccc2Cl)cnc1Br. The van der Waals surface area contributed by atoms with Gasteiger partial charge >= 0.3 is 0 Å². The van der Waals surface area contributed by atoms with Crippen molar-refractivity contribution in [3.63, 3.8) is 0 Å². The van der Waals surface area contributed by atoms with Crippen LogP contribution >= 0.6 is 43.5 Å². The van der Waals surface area contributed by atoms with Gasteiger partial charge in [0.2, 0.25) is 0 Å². The molecule has 0 aliphatic carbocycles. The first-order chi connectivity index (χ1) is 8.97. The average molecular weight is 404 g/mol. The van der Waals surface area contributed by atoms with E-state index in [9.17, 15) is 4.79 Å². The Hall–Kier alpha value is -0.910. The summed E-state index contributed by atoms with van der Waals surface area (Å²) in [5.74, 6) is -0.269. The molecular formula is C13H9Br2ClN2O.